The van der Waals surface area contributed by atoms with Crippen LogP contribution in [0.15, 0.2) is 0 Å². The average Bonchev–Trinajstić information content (AvgIpc) is 2.16. The second kappa shape index (κ2) is 4.40. The molecule has 1 fully saturated rings. The molecule has 0 unspecified atom stereocenters. The van der Waals surface area contributed by atoms with E-state index in [0.29, 0.717) is 0 Å². The summed E-state index contributed by atoms with van der Waals surface area (Å²) < 4.78 is 66.7. The van der Waals surface area contributed by atoms with Crippen LogP contribution in [0.5, 0.6) is 0 Å². The maximum atomic E-state index is 12.9. The van der Waals surface area contributed by atoms with Crippen LogP contribution in [0.4, 0.5) is 22.0 Å². The van der Waals surface area contributed by atoms with Gasteiger partial charge in [0.25, 0.3) is 0 Å². The van der Waals surface area contributed by atoms with Crippen molar-refractivity contribution < 1.29 is 36.6 Å². The molecule has 0 amide bonds. The summed E-state index contributed by atoms with van der Waals surface area (Å²) in [6.45, 7) is -0.250. The largest absolute Gasteiger partial charge is 0.481 e. The molecule has 1 saturated heterocycles. The Bertz CT molecular complexity index is 293. The van der Waals surface area contributed by atoms with Crippen molar-refractivity contribution in [2.45, 2.75) is 31.4 Å². The Morgan fingerprint density at radius 2 is 1.65 bits per heavy atom. The number of carboxylic acids is 1. The monoisotopic (exact) mass is 262 g/mol. The van der Waals surface area contributed by atoms with Crippen molar-refractivity contribution in [3.05, 3.63) is 0 Å². The van der Waals surface area contributed by atoms with E-state index in [1.807, 2.05) is 0 Å². The first-order chi connectivity index (χ1) is 7.61. The normalized spacial score (nSPS) is 21.2. The Morgan fingerprint density at radius 3 is 2.00 bits per heavy atom. The quantitative estimate of drug-likeness (QED) is 0.795. The van der Waals surface area contributed by atoms with E-state index in [1.54, 1.807) is 0 Å². The van der Waals surface area contributed by atoms with Gasteiger partial charge in [-0.15, -0.1) is 0 Å². The van der Waals surface area contributed by atoms with E-state index in [4.69, 9.17) is 9.84 Å². The number of halogens is 5. The molecule has 3 nitrogen and oxygen atoms in total. The summed E-state index contributed by atoms with van der Waals surface area (Å²) in [6, 6.07) is 0. The molecule has 0 atom stereocenters. The van der Waals surface area contributed by atoms with E-state index in [9.17, 15) is 26.7 Å². The molecular formula is C9H11F5O3. The third kappa shape index (κ3) is 2.85. The third-order valence-electron chi connectivity index (χ3n) is 2.88. The van der Waals surface area contributed by atoms with Crippen LogP contribution in [-0.2, 0) is 9.53 Å². The van der Waals surface area contributed by atoms with E-state index < -0.39 is 29.9 Å². The van der Waals surface area contributed by atoms with Gasteiger partial charge in [0.2, 0.25) is 0 Å². The SMILES string of the molecule is O=C(O)C1(CC(F)(F)C(F)(F)F)CCOCC1. The summed E-state index contributed by atoms with van der Waals surface area (Å²) in [5.41, 5.74) is -2.06. The smallest absolute Gasteiger partial charge is 0.453 e. The van der Waals surface area contributed by atoms with Gasteiger partial charge in [0, 0.05) is 19.6 Å². The summed E-state index contributed by atoms with van der Waals surface area (Å²) in [4.78, 5) is 10.9. The molecule has 0 aromatic rings. The molecule has 1 aliphatic heterocycles. The molecular weight excluding hydrogens is 251 g/mol. The molecule has 17 heavy (non-hydrogen) atoms. The van der Waals surface area contributed by atoms with Gasteiger partial charge in [0.1, 0.15) is 0 Å². The summed E-state index contributed by atoms with van der Waals surface area (Å²) in [7, 11) is 0. The van der Waals surface area contributed by atoms with E-state index in [0.717, 1.165) is 0 Å². The van der Waals surface area contributed by atoms with Crippen LogP contribution >= 0.6 is 0 Å². The zero-order chi connectivity index (χ0) is 13.3. The molecule has 1 rings (SSSR count). The zero-order valence-electron chi connectivity index (χ0n) is 8.69. The lowest BCUT2D eigenvalue weighted by molar-refractivity contribution is -0.294. The summed E-state index contributed by atoms with van der Waals surface area (Å²) >= 11 is 0. The fraction of sp³-hybridized carbons (Fsp3) is 0.889. The summed E-state index contributed by atoms with van der Waals surface area (Å²) in [5.74, 6) is -6.63. The molecule has 0 aliphatic carbocycles. The maximum absolute atomic E-state index is 12.9. The van der Waals surface area contributed by atoms with Crippen molar-refractivity contribution >= 4 is 5.97 Å². The Morgan fingerprint density at radius 1 is 1.18 bits per heavy atom. The van der Waals surface area contributed by atoms with Crippen molar-refractivity contribution in [3.63, 3.8) is 0 Å². The first-order valence-electron chi connectivity index (χ1n) is 4.86. The summed E-state index contributed by atoms with van der Waals surface area (Å²) in [5, 5.41) is 8.86. The van der Waals surface area contributed by atoms with E-state index in [2.05, 4.69) is 0 Å². The van der Waals surface area contributed by atoms with Crippen LogP contribution in [0.2, 0.25) is 0 Å². The Hall–Kier alpha value is -0.920. The van der Waals surface area contributed by atoms with Gasteiger partial charge in [0.15, 0.2) is 0 Å². The molecule has 0 bridgehead atoms. The highest BCUT2D eigenvalue weighted by atomic mass is 19.4. The third-order valence-corrected chi connectivity index (χ3v) is 2.88. The number of hydrogen-bond acceptors (Lipinski definition) is 2. The van der Waals surface area contributed by atoms with Crippen LogP contribution in [-0.4, -0.2) is 36.4 Å². The number of hydrogen-bond donors (Lipinski definition) is 1. The highest BCUT2D eigenvalue weighted by Gasteiger charge is 2.62. The number of rotatable bonds is 3. The molecule has 1 aliphatic rings. The lowest BCUT2D eigenvalue weighted by Crippen LogP contribution is -2.47. The minimum atomic E-state index is -5.73. The molecule has 1 heterocycles. The van der Waals surface area contributed by atoms with Crippen molar-refractivity contribution in [2.75, 3.05) is 13.2 Å². The fourth-order valence-corrected chi connectivity index (χ4v) is 1.75. The Balaban J connectivity index is 2.91. The average molecular weight is 262 g/mol. The molecule has 0 spiro atoms. The van der Waals surface area contributed by atoms with E-state index in [-0.39, 0.29) is 26.1 Å². The highest BCUT2D eigenvalue weighted by molar-refractivity contribution is 5.74. The lowest BCUT2D eigenvalue weighted by Gasteiger charge is -2.36. The van der Waals surface area contributed by atoms with Crippen molar-refractivity contribution in [3.8, 4) is 0 Å². The number of carbonyl (C=O) groups is 1. The highest BCUT2D eigenvalue weighted by Crippen LogP contribution is 2.47. The molecule has 1 N–H and O–H groups in total. The molecule has 0 aromatic heterocycles. The van der Waals surface area contributed by atoms with Crippen LogP contribution in [0.3, 0.4) is 0 Å². The van der Waals surface area contributed by atoms with Gasteiger partial charge in [-0.1, -0.05) is 0 Å². The van der Waals surface area contributed by atoms with Crippen LogP contribution < -0.4 is 0 Å². The van der Waals surface area contributed by atoms with Gasteiger partial charge >= 0.3 is 18.1 Å². The fourth-order valence-electron chi connectivity index (χ4n) is 1.75. The van der Waals surface area contributed by atoms with Crippen molar-refractivity contribution in [1.29, 1.82) is 0 Å². The maximum Gasteiger partial charge on any atom is 0.453 e. The lowest BCUT2D eigenvalue weighted by atomic mass is 9.75. The van der Waals surface area contributed by atoms with Crippen LogP contribution in [0, 0.1) is 5.41 Å². The van der Waals surface area contributed by atoms with E-state index in [1.165, 1.54) is 0 Å². The molecule has 100 valence electrons. The molecule has 0 aromatic carbocycles. The van der Waals surface area contributed by atoms with Crippen molar-refractivity contribution in [1.82, 2.24) is 0 Å². The first-order valence-corrected chi connectivity index (χ1v) is 4.86. The van der Waals surface area contributed by atoms with Gasteiger partial charge in [-0.3, -0.25) is 4.79 Å². The second-order valence-electron chi connectivity index (χ2n) is 4.08. The summed E-state index contributed by atoms with van der Waals surface area (Å²) in [6.07, 6.45) is -8.14. The second-order valence-corrected chi connectivity index (χ2v) is 4.08. The van der Waals surface area contributed by atoms with Gasteiger partial charge in [-0.2, -0.15) is 22.0 Å². The number of ether oxygens (including phenoxy) is 1. The number of carboxylic acid groups (broad SMARTS) is 1. The van der Waals surface area contributed by atoms with Crippen LogP contribution in [0.25, 0.3) is 0 Å². The molecule has 0 radical (unpaired) electrons. The van der Waals surface area contributed by atoms with Gasteiger partial charge in [-0.25, -0.2) is 0 Å². The van der Waals surface area contributed by atoms with E-state index >= 15 is 0 Å². The molecule has 0 saturated carbocycles. The number of alkyl halides is 5. The topological polar surface area (TPSA) is 46.5 Å². The van der Waals surface area contributed by atoms with Crippen LogP contribution in [0.1, 0.15) is 19.3 Å². The Labute approximate surface area is 93.5 Å². The minimum absolute atomic E-state index is 0.125. The Kier molecular flexibility index (Phi) is 3.66. The number of aliphatic carboxylic acids is 1. The molecule has 8 heteroatoms. The van der Waals surface area contributed by atoms with Gasteiger partial charge in [0.05, 0.1) is 5.41 Å². The van der Waals surface area contributed by atoms with Crippen molar-refractivity contribution in [2.24, 2.45) is 5.41 Å². The minimum Gasteiger partial charge on any atom is -0.481 e. The van der Waals surface area contributed by atoms with Gasteiger partial charge < -0.3 is 9.84 Å². The predicted octanol–water partition coefficient (Wildman–Crippen LogP) is 2.46. The first kappa shape index (κ1) is 14.1. The standard InChI is InChI=1S/C9H11F5O3/c10-8(11,9(12,13)14)5-7(6(15)16)1-3-17-4-2-7/h1-5H2,(H,15,16). The van der Waals surface area contributed by atoms with Gasteiger partial charge in [-0.05, 0) is 12.8 Å². The predicted molar refractivity (Wildman–Crippen MR) is 45.7 cm³/mol. The zero-order valence-corrected chi connectivity index (χ0v) is 8.69.